The van der Waals surface area contributed by atoms with Crippen LogP contribution in [0.5, 0.6) is 0 Å². The van der Waals surface area contributed by atoms with E-state index < -0.39 is 0 Å². The van der Waals surface area contributed by atoms with Gasteiger partial charge in [-0.2, -0.15) is 0 Å². The number of amides is 3. The summed E-state index contributed by atoms with van der Waals surface area (Å²) in [5.41, 5.74) is 1.97. The molecule has 0 saturated carbocycles. The molecule has 0 aliphatic rings. The number of anilines is 1. The first-order valence-electron chi connectivity index (χ1n) is 8.32. The van der Waals surface area contributed by atoms with Crippen LogP contribution in [-0.4, -0.2) is 23.5 Å². The standard InChI is InChI=1S/C19H24N4O2/c1-13(2)12-21-18(24)15-7-9-16(10-8-15)23-19(25)22-14(3)17-6-4-5-11-20-17/h4-11,13-14H,12H2,1-3H3,(H,21,24)(H2,22,23,25)/t14-/m1/s1. The van der Waals surface area contributed by atoms with Crippen LogP contribution in [0.1, 0.15) is 42.9 Å². The van der Waals surface area contributed by atoms with Gasteiger partial charge < -0.3 is 16.0 Å². The van der Waals surface area contributed by atoms with Gasteiger partial charge in [0.2, 0.25) is 0 Å². The van der Waals surface area contributed by atoms with Gasteiger partial charge in [0.25, 0.3) is 5.91 Å². The largest absolute Gasteiger partial charge is 0.352 e. The zero-order chi connectivity index (χ0) is 18.2. The number of carbonyl (C=O) groups excluding carboxylic acids is 2. The third kappa shape index (κ3) is 5.91. The SMILES string of the molecule is CC(C)CNC(=O)c1ccc(NC(=O)N[C@H](C)c2ccccn2)cc1. The summed E-state index contributed by atoms with van der Waals surface area (Å²) < 4.78 is 0. The monoisotopic (exact) mass is 340 g/mol. The summed E-state index contributed by atoms with van der Waals surface area (Å²) in [6.45, 7) is 6.58. The molecule has 25 heavy (non-hydrogen) atoms. The van der Waals surface area contributed by atoms with Crippen LogP contribution in [0, 0.1) is 5.92 Å². The van der Waals surface area contributed by atoms with Gasteiger partial charge in [0, 0.05) is 24.0 Å². The van der Waals surface area contributed by atoms with Crippen LogP contribution in [0.2, 0.25) is 0 Å². The van der Waals surface area contributed by atoms with Crippen LogP contribution < -0.4 is 16.0 Å². The summed E-state index contributed by atoms with van der Waals surface area (Å²) in [5.74, 6) is 0.281. The predicted octanol–water partition coefficient (Wildman–Crippen LogP) is 3.35. The summed E-state index contributed by atoms with van der Waals surface area (Å²) in [6.07, 6.45) is 1.69. The van der Waals surface area contributed by atoms with Gasteiger partial charge in [0.05, 0.1) is 11.7 Å². The molecule has 0 radical (unpaired) electrons. The number of urea groups is 1. The minimum atomic E-state index is -0.324. The van der Waals surface area contributed by atoms with E-state index in [4.69, 9.17) is 0 Å². The minimum absolute atomic E-state index is 0.117. The average molecular weight is 340 g/mol. The number of hydrogen-bond donors (Lipinski definition) is 3. The lowest BCUT2D eigenvalue weighted by Gasteiger charge is -2.14. The van der Waals surface area contributed by atoms with Crippen LogP contribution in [0.15, 0.2) is 48.7 Å². The molecule has 2 aromatic rings. The van der Waals surface area contributed by atoms with Gasteiger partial charge in [-0.15, -0.1) is 0 Å². The van der Waals surface area contributed by atoms with Gasteiger partial charge in [-0.3, -0.25) is 9.78 Å². The van der Waals surface area contributed by atoms with Gasteiger partial charge in [0.15, 0.2) is 0 Å². The maximum Gasteiger partial charge on any atom is 0.319 e. The van der Waals surface area contributed by atoms with Crippen LogP contribution in [0.4, 0.5) is 10.5 Å². The van der Waals surface area contributed by atoms with Crippen LogP contribution >= 0.6 is 0 Å². The van der Waals surface area contributed by atoms with Crippen LogP contribution in [0.25, 0.3) is 0 Å². The summed E-state index contributed by atoms with van der Waals surface area (Å²) in [5, 5.41) is 8.43. The third-order valence-corrected chi connectivity index (χ3v) is 3.55. The zero-order valence-electron chi connectivity index (χ0n) is 14.7. The van der Waals surface area contributed by atoms with Gasteiger partial charge in [-0.25, -0.2) is 4.79 Å². The maximum absolute atomic E-state index is 12.1. The third-order valence-electron chi connectivity index (χ3n) is 3.55. The Labute approximate surface area is 148 Å². The normalized spacial score (nSPS) is 11.7. The Kier molecular flexibility index (Phi) is 6.51. The quantitative estimate of drug-likeness (QED) is 0.754. The highest BCUT2D eigenvalue weighted by molar-refractivity contribution is 5.95. The Morgan fingerprint density at radius 3 is 2.36 bits per heavy atom. The van der Waals surface area contributed by atoms with Crippen molar-refractivity contribution in [2.45, 2.75) is 26.8 Å². The molecular weight excluding hydrogens is 316 g/mol. The van der Waals surface area contributed by atoms with E-state index in [-0.39, 0.29) is 18.0 Å². The predicted molar refractivity (Wildman–Crippen MR) is 98.4 cm³/mol. The molecule has 2 rings (SSSR count). The van der Waals surface area contributed by atoms with Crippen molar-refractivity contribution < 1.29 is 9.59 Å². The number of benzene rings is 1. The van der Waals surface area contributed by atoms with Crippen molar-refractivity contribution in [1.82, 2.24) is 15.6 Å². The fraction of sp³-hybridized carbons (Fsp3) is 0.316. The van der Waals surface area contributed by atoms with E-state index >= 15 is 0 Å². The number of nitrogens with one attached hydrogen (secondary N) is 3. The highest BCUT2D eigenvalue weighted by Crippen LogP contribution is 2.11. The van der Waals surface area contributed by atoms with Gasteiger partial charge >= 0.3 is 6.03 Å². The first-order valence-corrected chi connectivity index (χ1v) is 8.32. The molecule has 132 valence electrons. The molecule has 1 heterocycles. The van der Waals surface area contributed by atoms with Gasteiger partial charge in [0.1, 0.15) is 0 Å². The van der Waals surface area contributed by atoms with Crippen molar-refractivity contribution in [3.05, 3.63) is 59.9 Å². The summed E-state index contributed by atoms with van der Waals surface area (Å²) in [7, 11) is 0. The van der Waals surface area contributed by atoms with Crippen molar-refractivity contribution in [2.75, 3.05) is 11.9 Å². The Balaban J connectivity index is 1.88. The van der Waals surface area contributed by atoms with E-state index in [0.717, 1.165) is 5.69 Å². The molecule has 0 aliphatic carbocycles. The van der Waals surface area contributed by atoms with Crippen molar-refractivity contribution >= 4 is 17.6 Å². The molecule has 3 N–H and O–H groups in total. The molecule has 6 heteroatoms. The molecular formula is C19H24N4O2. The molecule has 3 amide bonds. The lowest BCUT2D eigenvalue weighted by Crippen LogP contribution is -2.31. The second-order valence-electron chi connectivity index (χ2n) is 6.26. The number of rotatable bonds is 6. The highest BCUT2D eigenvalue weighted by atomic mass is 16.2. The molecule has 0 aliphatic heterocycles. The summed E-state index contributed by atoms with van der Waals surface area (Å²) in [6, 6.07) is 11.8. The van der Waals surface area contributed by atoms with E-state index in [1.807, 2.05) is 39.0 Å². The molecule has 1 aromatic carbocycles. The Hall–Kier alpha value is -2.89. The Morgan fingerprint density at radius 2 is 1.76 bits per heavy atom. The molecule has 6 nitrogen and oxygen atoms in total. The minimum Gasteiger partial charge on any atom is -0.352 e. The lowest BCUT2D eigenvalue weighted by molar-refractivity contribution is 0.0949. The summed E-state index contributed by atoms with van der Waals surface area (Å²) >= 11 is 0. The molecule has 0 unspecified atom stereocenters. The van der Waals surface area contributed by atoms with Gasteiger partial charge in [-0.05, 0) is 49.2 Å². The Morgan fingerprint density at radius 1 is 1.04 bits per heavy atom. The fourth-order valence-corrected chi connectivity index (χ4v) is 2.17. The number of carbonyl (C=O) groups is 2. The van der Waals surface area contributed by atoms with E-state index in [9.17, 15) is 9.59 Å². The highest BCUT2D eigenvalue weighted by Gasteiger charge is 2.11. The lowest BCUT2D eigenvalue weighted by atomic mass is 10.1. The maximum atomic E-state index is 12.1. The topological polar surface area (TPSA) is 83.1 Å². The smallest absolute Gasteiger partial charge is 0.319 e. The van der Waals surface area contributed by atoms with Crippen LogP contribution in [0.3, 0.4) is 0 Å². The molecule has 0 spiro atoms. The molecule has 1 atom stereocenters. The van der Waals surface area contributed by atoms with Crippen molar-refractivity contribution in [3.8, 4) is 0 Å². The van der Waals surface area contributed by atoms with Crippen molar-refractivity contribution in [3.63, 3.8) is 0 Å². The first kappa shape index (κ1) is 18.4. The van der Waals surface area contributed by atoms with E-state index in [2.05, 4.69) is 20.9 Å². The second kappa shape index (κ2) is 8.82. The zero-order valence-corrected chi connectivity index (χ0v) is 14.7. The number of pyridine rings is 1. The summed E-state index contributed by atoms with van der Waals surface area (Å²) in [4.78, 5) is 28.2. The van der Waals surface area contributed by atoms with Crippen LogP contribution in [-0.2, 0) is 0 Å². The Bertz CT molecular complexity index is 699. The number of nitrogens with zero attached hydrogens (tertiary/aromatic N) is 1. The average Bonchev–Trinajstić information content (AvgIpc) is 2.61. The van der Waals surface area contributed by atoms with E-state index in [1.165, 1.54) is 0 Å². The van der Waals surface area contributed by atoms with E-state index in [0.29, 0.717) is 23.7 Å². The fourth-order valence-electron chi connectivity index (χ4n) is 2.17. The van der Waals surface area contributed by atoms with Crippen molar-refractivity contribution in [1.29, 1.82) is 0 Å². The molecule has 0 saturated heterocycles. The van der Waals surface area contributed by atoms with Crippen molar-refractivity contribution in [2.24, 2.45) is 5.92 Å². The first-order chi connectivity index (χ1) is 12.0. The second-order valence-corrected chi connectivity index (χ2v) is 6.26. The molecule has 0 fully saturated rings. The van der Waals surface area contributed by atoms with Gasteiger partial charge in [-0.1, -0.05) is 19.9 Å². The molecule has 1 aromatic heterocycles. The number of hydrogen-bond acceptors (Lipinski definition) is 3. The van der Waals surface area contributed by atoms with E-state index in [1.54, 1.807) is 30.5 Å². The molecule has 0 bridgehead atoms. The number of aromatic nitrogens is 1.